The normalized spacial score (nSPS) is 10.8. The van der Waals surface area contributed by atoms with Crippen molar-refractivity contribution in [1.29, 1.82) is 0 Å². The number of Topliss-reactive ketones (excluding diaryl/α,β-unsaturated/α-hetero) is 1. The van der Waals surface area contributed by atoms with E-state index in [9.17, 15) is 9.18 Å². The minimum absolute atomic E-state index is 0.115. The van der Waals surface area contributed by atoms with Crippen LogP contribution in [0.2, 0.25) is 0 Å². The van der Waals surface area contributed by atoms with Gasteiger partial charge in [0, 0.05) is 29.1 Å². The van der Waals surface area contributed by atoms with Crippen molar-refractivity contribution < 1.29 is 9.18 Å². The molecule has 1 aromatic heterocycles. The zero-order chi connectivity index (χ0) is 14.8. The molecule has 3 aromatic rings. The molecule has 0 aliphatic carbocycles. The number of hydrogen-bond acceptors (Lipinski definition) is 2. The zero-order valence-corrected chi connectivity index (χ0v) is 11.6. The number of benzene rings is 2. The van der Waals surface area contributed by atoms with E-state index in [0.717, 1.165) is 22.0 Å². The molecule has 3 heteroatoms. The average Bonchev–Trinajstić information content (AvgIpc) is 2.53. The predicted molar refractivity (Wildman–Crippen MR) is 81.8 cm³/mol. The summed E-state index contributed by atoms with van der Waals surface area (Å²) in [6.07, 6.45) is 2.24. The van der Waals surface area contributed by atoms with Crippen molar-refractivity contribution in [3.8, 4) is 11.1 Å². The maximum atomic E-state index is 13.0. The summed E-state index contributed by atoms with van der Waals surface area (Å²) in [6, 6.07) is 13.8. The van der Waals surface area contributed by atoms with E-state index in [2.05, 4.69) is 4.98 Å². The lowest BCUT2D eigenvalue weighted by Crippen LogP contribution is -1.96. The largest absolute Gasteiger partial charge is 0.294 e. The van der Waals surface area contributed by atoms with Crippen molar-refractivity contribution in [2.45, 2.75) is 13.3 Å². The number of nitrogens with zero attached hydrogens (tertiary/aromatic N) is 1. The van der Waals surface area contributed by atoms with E-state index in [4.69, 9.17) is 0 Å². The molecule has 0 saturated carbocycles. The van der Waals surface area contributed by atoms with Gasteiger partial charge in [-0.1, -0.05) is 19.1 Å². The number of carbonyl (C=O) groups excluding carboxylic acids is 1. The van der Waals surface area contributed by atoms with Crippen molar-refractivity contribution in [3.63, 3.8) is 0 Å². The van der Waals surface area contributed by atoms with Crippen LogP contribution in [-0.4, -0.2) is 10.8 Å². The Hall–Kier alpha value is -2.55. The summed E-state index contributed by atoms with van der Waals surface area (Å²) in [5.74, 6) is -0.146. The maximum absolute atomic E-state index is 13.0. The second-order valence-corrected chi connectivity index (χ2v) is 4.92. The van der Waals surface area contributed by atoms with Crippen molar-refractivity contribution >= 4 is 16.7 Å². The summed E-state index contributed by atoms with van der Waals surface area (Å²) in [5, 5.41) is 0.913. The highest BCUT2D eigenvalue weighted by Gasteiger charge is 2.06. The van der Waals surface area contributed by atoms with Gasteiger partial charge in [-0.3, -0.25) is 9.78 Å². The molecule has 0 aliphatic rings. The first kappa shape index (κ1) is 13.4. The fraction of sp³-hybridized carbons (Fsp3) is 0.111. The Morgan fingerprint density at radius 3 is 2.52 bits per heavy atom. The molecule has 0 amide bonds. The van der Waals surface area contributed by atoms with E-state index < -0.39 is 0 Å². The minimum atomic E-state index is -0.261. The van der Waals surface area contributed by atoms with Crippen LogP contribution in [0.5, 0.6) is 0 Å². The summed E-state index contributed by atoms with van der Waals surface area (Å²) in [7, 11) is 0. The molecule has 1 heterocycles. The predicted octanol–water partition coefficient (Wildman–Crippen LogP) is 4.63. The van der Waals surface area contributed by atoms with Gasteiger partial charge in [0.05, 0.1) is 5.52 Å². The fourth-order valence-electron chi connectivity index (χ4n) is 2.31. The van der Waals surface area contributed by atoms with Crippen LogP contribution >= 0.6 is 0 Å². The van der Waals surface area contributed by atoms with Crippen LogP contribution in [-0.2, 0) is 0 Å². The number of hydrogen-bond donors (Lipinski definition) is 0. The van der Waals surface area contributed by atoms with Gasteiger partial charge in [0.1, 0.15) is 5.82 Å². The third-order valence-electron chi connectivity index (χ3n) is 3.50. The Balaban J connectivity index is 2.09. The highest BCUT2D eigenvalue weighted by molar-refractivity contribution is 5.99. The smallest absolute Gasteiger partial charge is 0.162 e. The van der Waals surface area contributed by atoms with Gasteiger partial charge in [0.15, 0.2) is 5.78 Å². The molecule has 0 radical (unpaired) electrons. The summed E-state index contributed by atoms with van der Waals surface area (Å²) < 4.78 is 13.0. The van der Waals surface area contributed by atoms with Crippen molar-refractivity contribution in [2.24, 2.45) is 0 Å². The van der Waals surface area contributed by atoms with Crippen molar-refractivity contribution in [2.75, 3.05) is 0 Å². The second kappa shape index (κ2) is 5.44. The molecule has 0 bridgehead atoms. The summed E-state index contributed by atoms with van der Waals surface area (Å²) in [5.41, 5.74) is 3.35. The summed E-state index contributed by atoms with van der Waals surface area (Å²) >= 11 is 0. The maximum Gasteiger partial charge on any atom is 0.162 e. The van der Waals surface area contributed by atoms with E-state index >= 15 is 0 Å². The number of pyridine rings is 1. The third-order valence-corrected chi connectivity index (χ3v) is 3.50. The lowest BCUT2D eigenvalue weighted by atomic mass is 10.0. The fourth-order valence-corrected chi connectivity index (χ4v) is 2.31. The van der Waals surface area contributed by atoms with Crippen LogP contribution in [0.4, 0.5) is 4.39 Å². The Morgan fingerprint density at radius 1 is 1.05 bits per heavy atom. The standard InChI is InChI=1S/C18H14FNO/c1-2-18(21)13-5-8-17-14(9-13)10-15(11-20-17)12-3-6-16(19)7-4-12/h3-11H,2H2,1H3. The minimum Gasteiger partial charge on any atom is -0.294 e. The van der Waals surface area contributed by atoms with Crippen LogP contribution in [0, 0.1) is 5.82 Å². The summed E-state index contributed by atoms with van der Waals surface area (Å²) in [6.45, 7) is 1.85. The topological polar surface area (TPSA) is 30.0 Å². The van der Waals surface area contributed by atoms with Crippen LogP contribution in [0.1, 0.15) is 23.7 Å². The molecule has 0 fully saturated rings. The van der Waals surface area contributed by atoms with E-state index in [1.807, 2.05) is 25.1 Å². The van der Waals surface area contributed by atoms with Gasteiger partial charge in [0.25, 0.3) is 0 Å². The van der Waals surface area contributed by atoms with Gasteiger partial charge in [0.2, 0.25) is 0 Å². The van der Waals surface area contributed by atoms with Gasteiger partial charge in [-0.2, -0.15) is 0 Å². The molecular formula is C18H14FNO. The first-order chi connectivity index (χ1) is 10.2. The zero-order valence-electron chi connectivity index (χ0n) is 11.6. The molecule has 21 heavy (non-hydrogen) atoms. The average molecular weight is 279 g/mol. The number of fused-ring (bicyclic) bond motifs is 1. The number of carbonyl (C=O) groups is 1. The first-order valence-electron chi connectivity index (χ1n) is 6.86. The van der Waals surface area contributed by atoms with Crippen LogP contribution in [0.3, 0.4) is 0 Å². The lowest BCUT2D eigenvalue weighted by molar-refractivity contribution is 0.0988. The Kier molecular flexibility index (Phi) is 3.48. The number of halogens is 1. The number of aromatic nitrogens is 1. The number of ketones is 1. The van der Waals surface area contributed by atoms with Crippen LogP contribution in [0.25, 0.3) is 22.0 Å². The van der Waals surface area contributed by atoms with Gasteiger partial charge in [-0.15, -0.1) is 0 Å². The Bertz CT molecular complexity index is 809. The molecule has 0 aliphatic heterocycles. The molecule has 2 nitrogen and oxygen atoms in total. The van der Waals surface area contributed by atoms with Gasteiger partial charge in [-0.05, 0) is 42.0 Å². The van der Waals surface area contributed by atoms with Gasteiger partial charge in [-0.25, -0.2) is 4.39 Å². The van der Waals surface area contributed by atoms with Crippen molar-refractivity contribution in [3.05, 3.63) is 66.1 Å². The van der Waals surface area contributed by atoms with E-state index in [-0.39, 0.29) is 11.6 Å². The highest BCUT2D eigenvalue weighted by atomic mass is 19.1. The monoisotopic (exact) mass is 279 g/mol. The SMILES string of the molecule is CCC(=O)c1ccc2ncc(-c3ccc(F)cc3)cc2c1. The van der Waals surface area contributed by atoms with E-state index in [1.165, 1.54) is 12.1 Å². The lowest BCUT2D eigenvalue weighted by Gasteiger charge is -2.05. The van der Waals surface area contributed by atoms with Crippen molar-refractivity contribution in [1.82, 2.24) is 4.98 Å². The highest BCUT2D eigenvalue weighted by Crippen LogP contribution is 2.24. The molecular weight excluding hydrogens is 265 g/mol. The van der Waals surface area contributed by atoms with Crippen LogP contribution in [0.15, 0.2) is 54.7 Å². The summed E-state index contributed by atoms with van der Waals surface area (Å²) in [4.78, 5) is 16.2. The first-order valence-corrected chi connectivity index (χ1v) is 6.86. The van der Waals surface area contributed by atoms with Gasteiger partial charge >= 0.3 is 0 Å². The third kappa shape index (κ3) is 2.68. The molecule has 104 valence electrons. The molecule has 0 N–H and O–H groups in total. The Morgan fingerprint density at radius 2 is 1.81 bits per heavy atom. The molecule has 2 aromatic carbocycles. The molecule has 0 spiro atoms. The Labute approximate surface area is 122 Å². The number of rotatable bonds is 3. The molecule has 0 saturated heterocycles. The molecule has 0 atom stereocenters. The van der Waals surface area contributed by atoms with Gasteiger partial charge < -0.3 is 0 Å². The quantitative estimate of drug-likeness (QED) is 0.654. The molecule has 3 rings (SSSR count). The van der Waals surface area contributed by atoms with Crippen LogP contribution < -0.4 is 0 Å². The van der Waals surface area contributed by atoms with E-state index in [1.54, 1.807) is 24.4 Å². The molecule has 0 unspecified atom stereocenters. The second-order valence-electron chi connectivity index (χ2n) is 4.92. The van der Waals surface area contributed by atoms with E-state index in [0.29, 0.717) is 12.0 Å².